The van der Waals surface area contributed by atoms with Crippen LogP contribution in [0.25, 0.3) is 11.3 Å². The second-order valence-corrected chi connectivity index (χ2v) is 5.99. The molecule has 3 aromatic rings. The van der Waals surface area contributed by atoms with Crippen LogP contribution in [0.1, 0.15) is 9.67 Å². The molecule has 0 saturated heterocycles. The SMILES string of the molecule is COc1cc(-c2csc(NC(=O)c3cncs3)n2)ccc1O. The van der Waals surface area contributed by atoms with E-state index in [0.717, 1.165) is 5.56 Å². The van der Waals surface area contributed by atoms with Gasteiger partial charge in [-0.1, -0.05) is 0 Å². The number of nitrogens with zero attached hydrogens (tertiary/aromatic N) is 2. The molecule has 0 saturated carbocycles. The number of aromatic nitrogens is 2. The van der Waals surface area contributed by atoms with E-state index in [-0.39, 0.29) is 11.7 Å². The van der Waals surface area contributed by atoms with E-state index in [0.29, 0.717) is 21.5 Å². The molecule has 0 unspecified atom stereocenters. The van der Waals surface area contributed by atoms with Crippen molar-refractivity contribution in [2.45, 2.75) is 0 Å². The number of thiazole rings is 2. The van der Waals surface area contributed by atoms with Crippen molar-refractivity contribution in [2.75, 3.05) is 12.4 Å². The third kappa shape index (κ3) is 2.92. The average Bonchev–Trinajstić information content (AvgIpc) is 3.19. The summed E-state index contributed by atoms with van der Waals surface area (Å²) in [7, 11) is 1.49. The molecule has 2 aromatic heterocycles. The van der Waals surface area contributed by atoms with Crippen molar-refractivity contribution in [1.29, 1.82) is 0 Å². The Kier molecular flexibility index (Phi) is 4.03. The molecule has 0 aliphatic rings. The van der Waals surface area contributed by atoms with E-state index >= 15 is 0 Å². The van der Waals surface area contributed by atoms with Gasteiger partial charge in [0.05, 0.1) is 24.5 Å². The summed E-state index contributed by atoms with van der Waals surface area (Å²) >= 11 is 2.59. The molecule has 22 heavy (non-hydrogen) atoms. The summed E-state index contributed by atoms with van der Waals surface area (Å²) in [5, 5.41) is 14.7. The van der Waals surface area contributed by atoms with Crippen molar-refractivity contribution in [2.24, 2.45) is 0 Å². The Morgan fingerprint density at radius 3 is 2.95 bits per heavy atom. The van der Waals surface area contributed by atoms with Gasteiger partial charge in [0.15, 0.2) is 16.6 Å². The summed E-state index contributed by atoms with van der Waals surface area (Å²) in [5.74, 6) is 0.215. The first-order chi connectivity index (χ1) is 10.7. The minimum absolute atomic E-state index is 0.0696. The van der Waals surface area contributed by atoms with Crippen molar-refractivity contribution in [3.05, 3.63) is 40.2 Å². The molecule has 0 atom stereocenters. The molecule has 0 aliphatic carbocycles. The topological polar surface area (TPSA) is 84.3 Å². The summed E-state index contributed by atoms with van der Waals surface area (Å²) in [6, 6.07) is 4.98. The standard InChI is InChI=1S/C14H11N3O3S2/c1-20-11-4-8(2-3-10(11)18)9-6-21-14(16-9)17-13(19)12-5-15-7-22-12/h2-7,18H,1H3,(H,16,17,19). The van der Waals surface area contributed by atoms with E-state index in [2.05, 4.69) is 15.3 Å². The minimum atomic E-state index is -0.230. The summed E-state index contributed by atoms with van der Waals surface area (Å²) in [5.41, 5.74) is 3.09. The van der Waals surface area contributed by atoms with Crippen LogP contribution in [0.5, 0.6) is 11.5 Å². The number of rotatable bonds is 4. The van der Waals surface area contributed by atoms with Gasteiger partial charge in [0, 0.05) is 10.9 Å². The van der Waals surface area contributed by atoms with Crippen molar-refractivity contribution in [3.8, 4) is 22.8 Å². The van der Waals surface area contributed by atoms with E-state index in [4.69, 9.17) is 4.74 Å². The first-order valence-corrected chi connectivity index (χ1v) is 7.96. The number of carbonyl (C=O) groups is 1. The molecule has 0 spiro atoms. The van der Waals surface area contributed by atoms with E-state index in [1.165, 1.54) is 36.0 Å². The zero-order chi connectivity index (χ0) is 15.5. The number of benzene rings is 1. The summed E-state index contributed by atoms with van der Waals surface area (Å²) in [6.07, 6.45) is 1.51. The molecule has 112 valence electrons. The molecule has 1 aromatic carbocycles. The molecule has 2 heterocycles. The molecular weight excluding hydrogens is 322 g/mol. The van der Waals surface area contributed by atoms with Crippen molar-refractivity contribution in [1.82, 2.24) is 9.97 Å². The largest absolute Gasteiger partial charge is 0.504 e. The number of ether oxygens (including phenoxy) is 1. The highest BCUT2D eigenvalue weighted by molar-refractivity contribution is 7.14. The van der Waals surface area contributed by atoms with E-state index in [9.17, 15) is 9.90 Å². The highest BCUT2D eigenvalue weighted by Crippen LogP contribution is 2.32. The lowest BCUT2D eigenvalue weighted by Crippen LogP contribution is -2.09. The van der Waals surface area contributed by atoms with Crippen LogP contribution in [-0.2, 0) is 0 Å². The molecule has 0 radical (unpaired) electrons. The van der Waals surface area contributed by atoms with Crippen LogP contribution in [0.15, 0.2) is 35.3 Å². The van der Waals surface area contributed by atoms with Crippen LogP contribution in [0, 0.1) is 0 Å². The predicted octanol–water partition coefficient (Wildman–Crippen LogP) is 3.23. The number of anilines is 1. The van der Waals surface area contributed by atoms with Crippen LogP contribution in [0.3, 0.4) is 0 Å². The van der Waals surface area contributed by atoms with Crippen molar-refractivity contribution < 1.29 is 14.6 Å². The number of phenols is 1. The van der Waals surface area contributed by atoms with Crippen LogP contribution in [-0.4, -0.2) is 28.1 Å². The van der Waals surface area contributed by atoms with Gasteiger partial charge in [-0.2, -0.15) is 0 Å². The number of carbonyl (C=O) groups excluding carboxylic acids is 1. The fourth-order valence-corrected chi connectivity index (χ4v) is 3.02. The fraction of sp³-hybridized carbons (Fsp3) is 0.0714. The normalized spacial score (nSPS) is 10.4. The molecule has 0 fully saturated rings. The van der Waals surface area contributed by atoms with Gasteiger partial charge in [-0.15, -0.1) is 22.7 Å². The van der Waals surface area contributed by atoms with Crippen LogP contribution in [0.2, 0.25) is 0 Å². The maximum atomic E-state index is 11.9. The first-order valence-electron chi connectivity index (χ1n) is 6.20. The van der Waals surface area contributed by atoms with Gasteiger partial charge in [0.25, 0.3) is 5.91 Å². The van der Waals surface area contributed by atoms with Crippen LogP contribution in [0.4, 0.5) is 5.13 Å². The predicted molar refractivity (Wildman–Crippen MR) is 85.8 cm³/mol. The van der Waals surface area contributed by atoms with Crippen LogP contribution >= 0.6 is 22.7 Å². The van der Waals surface area contributed by atoms with Crippen LogP contribution < -0.4 is 10.1 Å². The number of aromatic hydroxyl groups is 1. The first kappa shape index (κ1) is 14.5. The molecule has 2 N–H and O–H groups in total. The van der Waals surface area contributed by atoms with Gasteiger partial charge in [-0.05, 0) is 18.2 Å². The monoisotopic (exact) mass is 333 g/mol. The van der Waals surface area contributed by atoms with Gasteiger partial charge in [-0.25, -0.2) is 4.98 Å². The fourth-order valence-electron chi connectivity index (χ4n) is 1.79. The minimum Gasteiger partial charge on any atom is -0.504 e. The maximum Gasteiger partial charge on any atom is 0.269 e. The Morgan fingerprint density at radius 2 is 2.23 bits per heavy atom. The summed E-state index contributed by atoms with van der Waals surface area (Å²) in [6.45, 7) is 0. The Bertz CT molecular complexity index is 800. The molecule has 1 amide bonds. The highest BCUT2D eigenvalue weighted by Gasteiger charge is 2.12. The molecular formula is C14H11N3O3S2. The number of hydrogen-bond acceptors (Lipinski definition) is 7. The van der Waals surface area contributed by atoms with Gasteiger partial charge in [0.1, 0.15) is 4.88 Å². The average molecular weight is 333 g/mol. The number of phenolic OH excluding ortho intramolecular Hbond substituents is 1. The highest BCUT2D eigenvalue weighted by atomic mass is 32.1. The Hall–Kier alpha value is -2.45. The molecule has 0 aliphatic heterocycles. The van der Waals surface area contributed by atoms with Gasteiger partial charge in [0.2, 0.25) is 0 Å². The number of hydrogen-bond donors (Lipinski definition) is 2. The van der Waals surface area contributed by atoms with E-state index < -0.39 is 0 Å². The van der Waals surface area contributed by atoms with Crippen molar-refractivity contribution in [3.63, 3.8) is 0 Å². The third-order valence-electron chi connectivity index (χ3n) is 2.86. The van der Waals surface area contributed by atoms with E-state index in [1.807, 2.05) is 5.38 Å². The lowest BCUT2D eigenvalue weighted by molar-refractivity contribution is 0.103. The Labute approximate surface area is 134 Å². The smallest absolute Gasteiger partial charge is 0.269 e. The maximum absolute atomic E-state index is 11.9. The Balaban J connectivity index is 1.80. The zero-order valence-corrected chi connectivity index (χ0v) is 13.1. The van der Waals surface area contributed by atoms with E-state index in [1.54, 1.807) is 23.7 Å². The molecule has 8 heteroatoms. The number of methoxy groups -OCH3 is 1. The number of amides is 1. The number of nitrogens with one attached hydrogen (secondary N) is 1. The summed E-state index contributed by atoms with van der Waals surface area (Å²) in [4.78, 5) is 20.7. The molecule has 6 nitrogen and oxygen atoms in total. The second-order valence-electron chi connectivity index (χ2n) is 4.24. The van der Waals surface area contributed by atoms with Gasteiger partial charge < -0.3 is 9.84 Å². The van der Waals surface area contributed by atoms with Gasteiger partial charge in [-0.3, -0.25) is 15.1 Å². The Morgan fingerprint density at radius 1 is 1.36 bits per heavy atom. The molecule has 3 rings (SSSR count). The second kappa shape index (κ2) is 6.12. The zero-order valence-electron chi connectivity index (χ0n) is 11.4. The molecule has 0 bridgehead atoms. The third-order valence-corrected chi connectivity index (χ3v) is 4.39. The van der Waals surface area contributed by atoms with Gasteiger partial charge >= 0.3 is 0 Å². The lowest BCUT2D eigenvalue weighted by atomic mass is 10.1. The lowest BCUT2D eigenvalue weighted by Gasteiger charge is -2.04. The summed E-state index contributed by atoms with van der Waals surface area (Å²) < 4.78 is 5.08. The quantitative estimate of drug-likeness (QED) is 0.766. The van der Waals surface area contributed by atoms with Crippen molar-refractivity contribution >= 4 is 33.7 Å².